The summed E-state index contributed by atoms with van der Waals surface area (Å²) in [5.41, 5.74) is 0.465. The van der Waals surface area contributed by atoms with Crippen LogP contribution in [0.1, 0.15) is 23.7 Å². The highest BCUT2D eigenvalue weighted by atomic mass is 127. The Morgan fingerprint density at radius 3 is 2.57 bits per heavy atom. The van der Waals surface area contributed by atoms with E-state index in [1.54, 1.807) is 17.0 Å². The number of nitrogens with zero attached hydrogens (tertiary/aromatic N) is 2. The van der Waals surface area contributed by atoms with E-state index in [4.69, 9.17) is 0 Å². The van der Waals surface area contributed by atoms with Crippen molar-refractivity contribution in [1.82, 2.24) is 9.21 Å². The smallest absolute Gasteiger partial charge is 0.254 e. The van der Waals surface area contributed by atoms with Gasteiger partial charge in [0.2, 0.25) is 10.0 Å². The molecule has 0 bridgehead atoms. The van der Waals surface area contributed by atoms with Crippen LogP contribution in [0.25, 0.3) is 0 Å². The zero-order valence-electron chi connectivity index (χ0n) is 12.3. The fourth-order valence-electron chi connectivity index (χ4n) is 2.33. The molecule has 1 aromatic rings. The minimum absolute atomic E-state index is 0.0837. The third kappa shape index (κ3) is 3.40. The van der Waals surface area contributed by atoms with Crippen LogP contribution in [0.5, 0.6) is 0 Å². The van der Waals surface area contributed by atoms with Gasteiger partial charge < -0.3 is 4.90 Å². The van der Waals surface area contributed by atoms with Gasteiger partial charge in [-0.3, -0.25) is 4.79 Å². The molecule has 7 heteroatoms. The van der Waals surface area contributed by atoms with E-state index < -0.39 is 10.0 Å². The molecule has 1 saturated heterocycles. The van der Waals surface area contributed by atoms with Crippen LogP contribution in [-0.4, -0.2) is 50.7 Å². The minimum Gasteiger partial charge on any atom is -0.338 e. The zero-order chi connectivity index (χ0) is 15.8. The highest BCUT2D eigenvalue weighted by Crippen LogP contribution is 2.24. The zero-order valence-corrected chi connectivity index (χ0v) is 15.3. The maximum absolute atomic E-state index is 12.6. The SMILES string of the molecule is CC1CCN(C(=O)c2cc(S(=O)(=O)N(C)C)ccc2I)C1. The Balaban J connectivity index is 2.38. The molecule has 0 aliphatic carbocycles. The summed E-state index contributed by atoms with van der Waals surface area (Å²) in [5, 5.41) is 0. The molecule has 0 radical (unpaired) electrons. The van der Waals surface area contributed by atoms with Crippen LogP contribution >= 0.6 is 22.6 Å². The van der Waals surface area contributed by atoms with Crippen molar-refractivity contribution in [1.29, 1.82) is 0 Å². The molecule has 1 amide bonds. The second kappa shape index (κ2) is 6.21. The third-order valence-corrected chi connectivity index (χ3v) is 6.41. The molecule has 1 aliphatic heterocycles. The first-order chi connectivity index (χ1) is 9.73. The van der Waals surface area contributed by atoms with Gasteiger partial charge in [0, 0.05) is 30.8 Å². The lowest BCUT2D eigenvalue weighted by atomic mass is 10.2. The Morgan fingerprint density at radius 1 is 1.38 bits per heavy atom. The predicted molar refractivity (Wildman–Crippen MR) is 89.7 cm³/mol. The number of carbonyl (C=O) groups excluding carboxylic acids is 1. The number of hydrogen-bond acceptors (Lipinski definition) is 3. The Kier molecular flexibility index (Phi) is 4.94. The molecule has 0 spiro atoms. The van der Waals surface area contributed by atoms with E-state index >= 15 is 0 Å². The van der Waals surface area contributed by atoms with E-state index in [0.29, 0.717) is 11.5 Å². The average molecular weight is 422 g/mol. The van der Waals surface area contributed by atoms with Crippen LogP contribution in [0.4, 0.5) is 0 Å². The van der Waals surface area contributed by atoms with Crippen LogP contribution in [0.3, 0.4) is 0 Å². The Labute approximate surface area is 139 Å². The standard InChI is InChI=1S/C14H19IN2O3S/c1-10-6-7-17(9-10)14(18)12-8-11(4-5-13(12)15)21(19,20)16(2)3/h4-5,8,10H,6-7,9H2,1-3H3. The number of halogens is 1. The summed E-state index contributed by atoms with van der Waals surface area (Å²) in [6, 6.07) is 4.71. The average Bonchev–Trinajstić information content (AvgIpc) is 2.84. The summed E-state index contributed by atoms with van der Waals surface area (Å²) < 4.78 is 26.3. The summed E-state index contributed by atoms with van der Waals surface area (Å²) in [7, 11) is -0.559. The van der Waals surface area contributed by atoms with Gasteiger partial charge in [0.15, 0.2) is 0 Å². The van der Waals surface area contributed by atoms with Crippen LogP contribution < -0.4 is 0 Å². The van der Waals surface area contributed by atoms with E-state index in [1.807, 2.05) is 0 Å². The largest absolute Gasteiger partial charge is 0.338 e. The first kappa shape index (κ1) is 16.7. The predicted octanol–water partition coefficient (Wildman–Crippen LogP) is 2.02. The highest BCUT2D eigenvalue weighted by molar-refractivity contribution is 14.1. The summed E-state index contributed by atoms with van der Waals surface area (Å²) in [6.07, 6.45) is 0.998. The van der Waals surface area contributed by atoms with Crippen molar-refractivity contribution in [2.45, 2.75) is 18.2 Å². The van der Waals surface area contributed by atoms with E-state index in [9.17, 15) is 13.2 Å². The summed E-state index contributed by atoms with van der Waals surface area (Å²) in [5.74, 6) is 0.417. The monoisotopic (exact) mass is 422 g/mol. The van der Waals surface area contributed by atoms with Crippen LogP contribution in [0.2, 0.25) is 0 Å². The molecule has 0 aromatic heterocycles. The van der Waals surface area contributed by atoms with Crippen molar-refractivity contribution in [3.63, 3.8) is 0 Å². The maximum atomic E-state index is 12.6. The fourth-order valence-corrected chi connectivity index (χ4v) is 3.82. The third-order valence-electron chi connectivity index (χ3n) is 3.66. The number of rotatable bonds is 3. The van der Waals surface area contributed by atoms with Crippen molar-refractivity contribution < 1.29 is 13.2 Å². The number of carbonyl (C=O) groups is 1. The number of benzene rings is 1. The first-order valence-corrected chi connectivity index (χ1v) is 9.26. The van der Waals surface area contributed by atoms with Gasteiger partial charge >= 0.3 is 0 Å². The summed E-state index contributed by atoms with van der Waals surface area (Å²) in [4.78, 5) is 14.5. The topological polar surface area (TPSA) is 57.7 Å². The molecule has 1 aromatic carbocycles. The highest BCUT2D eigenvalue weighted by Gasteiger charge is 2.27. The lowest BCUT2D eigenvalue weighted by molar-refractivity contribution is 0.0787. The molecule has 0 N–H and O–H groups in total. The van der Waals surface area contributed by atoms with Crippen molar-refractivity contribution in [3.05, 3.63) is 27.3 Å². The molecule has 1 atom stereocenters. The molecule has 116 valence electrons. The van der Waals surface area contributed by atoms with E-state index in [2.05, 4.69) is 29.5 Å². The molecule has 0 saturated carbocycles. The second-order valence-electron chi connectivity index (χ2n) is 5.57. The van der Waals surface area contributed by atoms with Crippen LogP contribution in [0, 0.1) is 9.49 Å². The summed E-state index contributed by atoms with van der Waals surface area (Å²) >= 11 is 2.07. The lowest BCUT2D eigenvalue weighted by Gasteiger charge is -2.18. The molecule has 5 nitrogen and oxygen atoms in total. The van der Waals surface area contributed by atoms with Gasteiger partial charge in [-0.15, -0.1) is 0 Å². The van der Waals surface area contributed by atoms with Crippen molar-refractivity contribution in [2.75, 3.05) is 27.2 Å². The van der Waals surface area contributed by atoms with Crippen molar-refractivity contribution in [3.8, 4) is 0 Å². The number of likely N-dealkylation sites (tertiary alicyclic amines) is 1. The van der Waals surface area contributed by atoms with E-state index in [-0.39, 0.29) is 10.8 Å². The van der Waals surface area contributed by atoms with Crippen LogP contribution in [0.15, 0.2) is 23.1 Å². The van der Waals surface area contributed by atoms with Crippen molar-refractivity contribution in [2.24, 2.45) is 5.92 Å². The van der Waals surface area contributed by atoms with E-state index in [1.165, 1.54) is 20.2 Å². The molecule has 2 rings (SSSR count). The molecule has 1 fully saturated rings. The Bertz CT molecular complexity index is 658. The maximum Gasteiger partial charge on any atom is 0.254 e. The normalized spacial score (nSPS) is 19.3. The van der Waals surface area contributed by atoms with Gasteiger partial charge in [-0.25, -0.2) is 12.7 Å². The molecular formula is C14H19IN2O3S. The lowest BCUT2D eigenvalue weighted by Crippen LogP contribution is -2.29. The van der Waals surface area contributed by atoms with Gasteiger partial charge in [-0.05, 0) is 53.1 Å². The fraction of sp³-hybridized carbons (Fsp3) is 0.500. The van der Waals surface area contributed by atoms with Gasteiger partial charge in [-0.2, -0.15) is 0 Å². The Hall–Kier alpha value is -0.670. The van der Waals surface area contributed by atoms with Gasteiger partial charge in [0.1, 0.15) is 0 Å². The van der Waals surface area contributed by atoms with Gasteiger partial charge in [-0.1, -0.05) is 6.92 Å². The number of hydrogen-bond donors (Lipinski definition) is 0. The molecular weight excluding hydrogens is 403 g/mol. The number of sulfonamides is 1. The quantitative estimate of drug-likeness (QED) is 0.701. The molecule has 21 heavy (non-hydrogen) atoms. The second-order valence-corrected chi connectivity index (χ2v) is 8.89. The molecule has 1 heterocycles. The van der Waals surface area contributed by atoms with Gasteiger partial charge in [0.25, 0.3) is 5.91 Å². The van der Waals surface area contributed by atoms with Gasteiger partial charge in [0.05, 0.1) is 10.5 Å². The Morgan fingerprint density at radius 2 is 2.05 bits per heavy atom. The minimum atomic E-state index is -3.52. The van der Waals surface area contributed by atoms with Crippen LogP contribution in [-0.2, 0) is 10.0 Å². The van der Waals surface area contributed by atoms with Crippen molar-refractivity contribution >= 4 is 38.5 Å². The molecule has 1 aliphatic rings. The molecule has 1 unspecified atom stereocenters. The van der Waals surface area contributed by atoms with E-state index in [0.717, 1.165) is 27.4 Å². The number of amides is 1. The summed E-state index contributed by atoms with van der Waals surface area (Å²) in [6.45, 7) is 3.59. The first-order valence-electron chi connectivity index (χ1n) is 6.75.